The van der Waals surface area contributed by atoms with Crippen LogP contribution in [0.15, 0.2) is 65.7 Å². The average molecular weight is 316 g/mol. The Hall–Kier alpha value is -3.21. The van der Waals surface area contributed by atoms with Crippen molar-refractivity contribution in [2.75, 3.05) is 0 Å². The Morgan fingerprint density at radius 1 is 0.917 bits per heavy atom. The lowest BCUT2D eigenvalue weighted by Gasteiger charge is -2.08. The summed E-state index contributed by atoms with van der Waals surface area (Å²) in [5.74, 6) is 0.522. The van der Waals surface area contributed by atoms with Gasteiger partial charge in [0.05, 0.1) is 11.6 Å². The van der Waals surface area contributed by atoms with Crippen molar-refractivity contribution in [3.63, 3.8) is 0 Å². The first-order chi connectivity index (χ1) is 11.7. The van der Waals surface area contributed by atoms with E-state index in [2.05, 4.69) is 14.6 Å². The molecular formula is C19H16N4O. The Morgan fingerprint density at radius 3 is 2.38 bits per heavy atom. The van der Waals surface area contributed by atoms with Crippen molar-refractivity contribution in [1.29, 1.82) is 0 Å². The van der Waals surface area contributed by atoms with Crippen molar-refractivity contribution in [3.8, 4) is 11.5 Å². The van der Waals surface area contributed by atoms with Gasteiger partial charge in [-0.25, -0.2) is 4.98 Å². The summed E-state index contributed by atoms with van der Waals surface area (Å²) in [6, 6.07) is 15.5. The number of pyridine rings is 1. The Bertz CT molecular complexity index is 1080. The molecule has 0 aliphatic rings. The summed E-state index contributed by atoms with van der Waals surface area (Å²) < 4.78 is 3.45. The molecule has 4 rings (SSSR count). The molecule has 4 aromatic rings. The molecule has 5 heteroatoms. The van der Waals surface area contributed by atoms with E-state index in [4.69, 9.17) is 0 Å². The zero-order chi connectivity index (χ0) is 16.7. The Morgan fingerprint density at radius 2 is 1.67 bits per heavy atom. The summed E-state index contributed by atoms with van der Waals surface area (Å²) in [5, 5.41) is 5.86. The number of fused-ring (bicyclic) bond motifs is 1. The van der Waals surface area contributed by atoms with Crippen LogP contribution >= 0.6 is 0 Å². The molecule has 0 amide bonds. The maximum absolute atomic E-state index is 13.0. The molecule has 0 saturated heterocycles. The minimum atomic E-state index is -0.151. The van der Waals surface area contributed by atoms with Crippen LogP contribution in [0.5, 0.6) is 0 Å². The van der Waals surface area contributed by atoms with Gasteiger partial charge in [0.25, 0.3) is 5.56 Å². The van der Waals surface area contributed by atoms with Crippen molar-refractivity contribution in [1.82, 2.24) is 19.3 Å². The molecule has 0 spiro atoms. The summed E-state index contributed by atoms with van der Waals surface area (Å²) in [4.78, 5) is 17.2. The molecule has 0 fully saturated rings. The predicted octanol–water partition coefficient (Wildman–Crippen LogP) is 3.19. The number of hydrogen-bond acceptors (Lipinski definition) is 3. The lowest BCUT2D eigenvalue weighted by molar-refractivity contribution is 0.794. The van der Waals surface area contributed by atoms with E-state index >= 15 is 0 Å². The predicted molar refractivity (Wildman–Crippen MR) is 93.9 cm³/mol. The molecule has 3 aromatic heterocycles. The average Bonchev–Trinajstić information content (AvgIpc) is 2.88. The van der Waals surface area contributed by atoms with Crippen LogP contribution in [0.4, 0.5) is 0 Å². The van der Waals surface area contributed by atoms with Crippen LogP contribution in [-0.4, -0.2) is 19.3 Å². The summed E-state index contributed by atoms with van der Waals surface area (Å²) in [5.41, 5.74) is 2.80. The van der Waals surface area contributed by atoms with Gasteiger partial charge in [0.1, 0.15) is 0 Å². The van der Waals surface area contributed by atoms with Gasteiger partial charge in [-0.05, 0) is 38.1 Å². The number of para-hydroxylation sites is 1. The molecule has 0 aliphatic heterocycles. The van der Waals surface area contributed by atoms with E-state index in [9.17, 15) is 4.79 Å². The monoisotopic (exact) mass is 316 g/mol. The number of nitrogens with zero attached hydrogens (tertiary/aromatic N) is 4. The van der Waals surface area contributed by atoms with E-state index < -0.39 is 0 Å². The maximum Gasteiger partial charge on any atom is 0.282 e. The Labute approximate surface area is 138 Å². The molecule has 5 nitrogen and oxygen atoms in total. The van der Waals surface area contributed by atoms with Crippen molar-refractivity contribution < 1.29 is 0 Å². The van der Waals surface area contributed by atoms with Gasteiger partial charge in [-0.15, -0.1) is 0 Å². The summed E-state index contributed by atoms with van der Waals surface area (Å²) in [7, 11) is 0. The first kappa shape index (κ1) is 14.4. The summed E-state index contributed by atoms with van der Waals surface area (Å²) >= 11 is 0. The van der Waals surface area contributed by atoms with Gasteiger partial charge >= 0.3 is 0 Å². The van der Waals surface area contributed by atoms with E-state index in [1.165, 1.54) is 4.68 Å². The molecule has 24 heavy (non-hydrogen) atoms. The van der Waals surface area contributed by atoms with Crippen molar-refractivity contribution >= 4 is 10.8 Å². The highest BCUT2D eigenvalue weighted by Gasteiger charge is 2.17. The second kappa shape index (κ2) is 5.45. The molecule has 0 unspecified atom stereocenters. The van der Waals surface area contributed by atoms with Gasteiger partial charge in [-0.1, -0.05) is 24.3 Å². The van der Waals surface area contributed by atoms with Crippen molar-refractivity contribution in [3.05, 3.63) is 82.7 Å². The van der Waals surface area contributed by atoms with Gasteiger partial charge in [-0.2, -0.15) is 9.78 Å². The molecule has 0 radical (unpaired) electrons. The first-order valence-electron chi connectivity index (χ1n) is 7.75. The van der Waals surface area contributed by atoms with Crippen LogP contribution in [0.25, 0.3) is 22.3 Å². The zero-order valence-electron chi connectivity index (χ0n) is 13.5. The first-order valence-corrected chi connectivity index (χ1v) is 7.75. The van der Waals surface area contributed by atoms with Crippen LogP contribution in [0.1, 0.15) is 11.4 Å². The molecule has 3 heterocycles. The topological polar surface area (TPSA) is 52.7 Å². The number of rotatable bonds is 2. The minimum Gasteiger partial charge on any atom is -0.317 e. The number of hydrogen-bond donors (Lipinski definition) is 0. The maximum atomic E-state index is 13.0. The third-order valence-corrected chi connectivity index (χ3v) is 4.28. The smallest absolute Gasteiger partial charge is 0.282 e. The largest absolute Gasteiger partial charge is 0.317 e. The van der Waals surface area contributed by atoms with E-state index in [-0.39, 0.29) is 5.56 Å². The Balaban J connectivity index is 2.04. The number of aromatic nitrogens is 4. The molecule has 1 aromatic carbocycles. The normalized spacial score (nSPS) is 11.1. The second-order valence-corrected chi connectivity index (χ2v) is 5.68. The summed E-state index contributed by atoms with van der Waals surface area (Å²) in [6.45, 7) is 3.97. The number of benzene rings is 1. The lowest BCUT2D eigenvalue weighted by atomic mass is 10.2. The second-order valence-electron chi connectivity index (χ2n) is 5.68. The fourth-order valence-electron chi connectivity index (χ4n) is 3.17. The van der Waals surface area contributed by atoms with Crippen LogP contribution in [0.3, 0.4) is 0 Å². The van der Waals surface area contributed by atoms with E-state index in [0.717, 1.165) is 22.5 Å². The molecular weight excluding hydrogens is 300 g/mol. The van der Waals surface area contributed by atoms with Crippen LogP contribution in [0.2, 0.25) is 0 Å². The molecule has 0 atom stereocenters. The van der Waals surface area contributed by atoms with E-state index in [1.54, 1.807) is 18.5 Å². The summed E-state index contributed by atoms with van der Waals surface area (Å²) in [6.07, 6.45) is 3.40. The van der Waals surface area contributed by atoms with Crippen LogP contribution < -0.4 is 5.56 Å². The number of aryl methyl sites for hydroxylation is 2. The zero-order valence-corrected chi connectivity index (χ0v) is 13.5. The molecule has 0 bridgehead atoms. The quantitative estimate of drug-likeness (QED) is 0.571. The fraction of sp³-hybridized carbons (Fsp3) is 0.105. The van der Waals surface area contributed by atoms with Gasteiger partial charge in [0.2, 0.25) is 0 Å². The van der Waals surface area contributed by atoms with Gasteiger partial charge in [0.15, 0.2) is 5.82 Å². The van der Waals surface area contributed by atoms with Crippen molar-refractivity contribution in [2.45, 2.75) is 13.8 Å². The lowest BCUT2D eigenvalue weighted by Crippen LogP contribution is -2.21. The van der Waals surface area contributed by atoms with Gasteiger partial charge in [-0.3, -0.25) is 4.79 Å². The van der Waals surface area contributed by atoms with E-state index in [1.807, 2.05) is 56.3 Å². The van der Waals surface area contributed by atoms with Crippen molar-refractivity contribution in [2.24, 2.45) is 0 Å². The van der Waals surface area contributed by atoms with Crippen LogP contribution in [0, 0.1) is 13.8 Å². The highest BCUT2D eigenvalue weighted by Crippen LogP contribution is 2.25. The highest BCUT2D eigenvalue weighted by atomic mass is 16.1. The highest BCUT2D eigenvalue weighted by molar-refractivity contribution is 5.88. The molecule has 0 N–H and O–H groups in total. The third-order valence-electron chi connectivity index (χ3n) is 4.28. The fourth-order valence-corrected chi connectivity index (χ4v) is 3.17. The van der Waals surface area contributed by atoms with Crippen LogP contribution in [-0.2, 0) is 0 Å². The molecule has 0 aliphatic carbocycles. The third kappa shape index (κ3) is 2.06. The molecule has 0 saturated carbocycles. The SMILES string of the molecule is Cc1c2cnn(-c3ccccn3)c(=O)c2c(C)n1-c1ccccc1. The van der Waals surface area contributed by atoms with Gasteiger partial charge < -0.3 is 4.57 Å². The van der Waals surface area contributed by atoms with E-state index in [0.29, 0.717) is 11.2 Å². The standard InChI is InChI=1S/C19H16N4O/c1-13-16-12-21-23(17-10-6-7-11-20-17)19(24)18(16)14(2)22(13)15-8-4-3-5-9-15/h3-12H,1-2H3. The Kier molecular flexibility index (Phi) is 3.27. The van der Waals surface area contributed by atoms with Gasteiger partial charge in [0, 0.05) is 28.7 Å². The minimum absolute atomic E-state index is 0.151. The molecule has 118 valence electrons.